The minimum absolute atomic E-state index is 0.627. The highest BCUT2D eigenvalue weighted by Gasteiger charge is 2.17. The quantitative estimate of drug-likeness (QED) is 0.925. The van der Waals surface area contributed by atoms with Crippen molar-refractivity contribution in [1.82, 2.24) is 15.2 Å². The second kappa shape index (κ2) is 6.47. The number of hydrogen-bond acceptors (Lipinski definition) is 3. The largest absolute Gasteiger partial charge is 0.309 e. The van der Waals surface area contributed by atoms with E-state index < -0.39 is 0 Å². The highest BCUT2D eigenvalue weighted by molar-refractivity contribution is 9.10. The van der Waals surface area contributed by atoms with Crippen molar-refractivity contribution in [2.24, 2.45) is 0 Å². The number of nitrogens with one attached hydrogen (secondary N) is 1. The fourth-order valence-corrected chi connectivity index (χ4v) is 2.74. The Balaban J connectivity index is 1.81. The summed E-state index contributed by atoms with van der Waals surface area (Å²) in [5.41, 5.74) is 1.24. The predicted molar refractivity (Wildman–Crippen MR) is 73.9 cm³/mol. The van der Waals surface area contributed by atoms with Crippen molar-refractivity contribution in [3.05, 3.63) is 28.5 Å². The Kier molecular flexibility index (Phi) is 4.95. The third kappa shape index (κ3) is 4.05. The Morgan fingerprint density at radius 3 is 3.18 bits per heavy atom. The van der Waals surface area contributed by atoms with Gasteiger partial charge in [0.25, 0.3) is 0 Å². The Bertz CT molecular complexity index is 356. The third-order valence-corrected chi connectivity index (χ3v) is 3.74. The Labute approximate surface area is 112 Å². The number of aromatic nitrogens is 1. The van der Waals surface area contributed by atoms with Gasteiger partial charge >= 0.3 is 0 Å². The maximum Gasteiger partial charge on any atom is 0.0410 e. The summed E-state index contributed by atoms with van der Waals surface area (Å²) in [7, 11) is 0. The van der Waals surface area contributed by atoms with Crippen molar-refractivity contribution in [2.75, 3.05) is 19.6 Å². The van der Waals surface area contributed by atoms with Gasteiger partial charge in [-0.2, -0.15) is 0 Å². The molecule has 94 valence electrons. The molecule has 1 unspecified atom stereocenters. The molecule has 0 bridgehead atoms. The van der Waals surface area contributed by atoms with E-state index in [0.29, 0.717) is 6.04 Å². The van der Waals surface area contributed by atoms with E-state index in [1.165, 1.54) is 31.5 Å². The normalized spacial score (nSPS) is 21.6. The van der Waals surface area contributed by atoms with Crippen LogP contribution >= 0.6 is 15.9 Å². The first kappa shape index (κ1) is 13.0. The predicted octanol–water partition coefficient (Wildman–Crippen LogP) is 2.42. The van der Waals surface area contributed by atoms with Crippen LogP contribution in [0.5, 0.6) is 0 Å². The molecule has 0 saturated carbocycles. The number of piperidine rings is 1. The van der Waals surface area contributed by atoms with E-state index in [4.69, 9.17) is 0 Å². The maximum absolute atomic E-state index is 4.18. The molecular formula is C13H20BrN3. The Morgan fingerprint density at radius 2 is 2.41 bits per heavy atom. The molecule has 3 nitrogen and oxygen atoms in total. The summed E-state index contributed by atoms with van der Waals surface area (Å²) < 4.78 is 1.05. The topological polar surface area (TPSA) is 28.2 Å². The summed E-state index contributed by atoms with van der Waals surface area (Å²) in [6, 6.07) is 2.75. The van der Waals surface area contributed by atoms with E-state index in [1.54, 1.807) is 0 Å². The van der Waals surface area contributed by atoms with Crippen LogP contribution in [0, 0.1) is 0 Å². The van der Waals surface area contributed by atoms with E-state index in [0.717, 1.165) is 17.6 Å². The van der Waals surface area contributed by atoms with Crippen LogP contribution < -0.4 is 5.32 Å². The van der Waals surface area contributed by atoms with Crippen molar-refractivity contribution in [3.63, 3.8) is 0 Å². The zero-order chi connectivity index (χ0) is 12.1. The average molecular weight is 298 g/mol. The molecule has 0 aromatic carbocycles. The zero-order valence-corrected chi connectivity index (χ0v) is 11.9. The number of pyridine rings is 1. The zero-order valence-electron chi connectivity index (χ0n) is 10.3. The molecule has 1 N–H and O–H groups in total. The van der Waals surface area contributed by atoms with Gasteiger partial charge < -0.3 is 10.2 Å². The molecule has 17 heavy (non-hydrogen) atoms. The van der Waals surface area contributed by atoms with Crippen LogP contribution in [0.1, 0.15) is 25.3 Å². The SMILES string of the molecule is CCN1CCCC(NCc2cncc(Br)c2)C1. The van der Waals surface area contributed by atoms with Crippen LogP contribution in [0.15, 0.2) is 22.9 Å². The van der Waals surface area contributed by atoms with Gasteiger partial charge in [0.15, 0.2) is 0 Å². The lowest BCUT2D eigenvalue weighted by atomic mass is 10.1. The molecule has 1 aliphatic heterocycles. The van der Waals surface area contributed by atoms with E-state index in [9.17, 15) is 0 Å². The molecule has 4 heteroatoms. The fraction of sp³-hybridized carbons (Fsp3) is 0.615. The number of likely N-dealkylation sites (N-methyl/N-ethyl adjacent to an activating group) is 1. The van der Waals surface area contributed by atoms with Gasteiger partial charge in [-0.15, -0.1) is 0 Å². The molecule has 1 aromatic rings. The highest BCUT2D eigenvalue weighted by Crippen LogP contribution is 2.12. The van der Waals surface area contributed by atoms with Crippen molar-refractivity contribution in [1.29, 1.82) is 0 Å². The lowest BCUT2D eigenvalue weighted by Gasteiger charge is -2.32. The number of rotatable bonds is 4. The van der Waals surface area contributed by atoms with E-state index >= 15 is 0 Å². The molecule has 2 rings (SSSR count). The second-order valence-electron chi connectivity index (χ2n) is 4.62. The van der Waals surface area contributed by atoms with Crippen molar-refractivity contribution < 1.29 is 0 Å². The van der Waals surface area contributed by atoms with Crippen LogP contribution in [0.4, 0.5) is 0 Å². The molecule has 1 saturated heterocycles. The molecule has 0 amide bonds. The summed E-state index contributed by atoms with van der Waals surface area (Å²) in [5.74, 6) is 0. The fourth-order valence-electron chi connectivity index (χ4n) is 2.32. The van der Waals surface area contributed by atoms with Crippen molar-refractivity contribution in [3.8, 4) is 0 Å². The number of hydrogen-bond donors (Lipinski definition) is 1. The molecule has 0 radical (unpaired) electrons. The number of likely N-dealkylation sites (tertiary alicyclic amines) is 1. The van der Waals surface area contributed by atoms with Gasteiger partial charge in [0.1, 0.15) is 0 Å². The van der Waals surface area contributed by atoms with Crippen LogP contribution in [0.25, 0.3) is 0 Å². The molecule has 0 aliphatic carbocycles. The third-order valence-electron chi connectivity index (χ3n) is 3.31. The van der Waals surface area contributed by atoms with Crippen LogP contribution in [0.3, 0.4) is 0 Å². The monoisotopic (exact) mass is 297 g/mol. The van der Waals surface area contributed by atoms with E-state index in [1.807, 2.05) is 12.4 Å². The van der Waals surface area contributed by atoms with Gasteiger partial charge in [-0.25, -0.2) is 0 Å². The summed E-state index contributed by atoms with van der Waals surface area (Å²) in [4.78, 5) is 6.70. The minimum atomic E-state index is 0.627. The maximum atomic E-state index is 4.18. The first-order valence-electron chi connectivity index (χ1n) is 6.33. The number of halogens is 1. The molecule has 1 fully saturated rings. The Morgan fingerprint density at radius 1 is 1.53 bits per heavy atom. The van der Waals surface area contributed by atoms with Gasteiger partial charge in [0.05, 0.1) is 0 Å². The molecule has 1 atom stereocenters. The number of nitrogens with zero attached hydrogens (tertiary/aromatic N) is 2. The summed E-state index contributed by atoms with van der Waals surface area (Å²) >= 11 is 3.45. The standard InChI is InChI=1S/C13H20BrN3/c1-2-17-5-3-4-13(10-17)16-8-11-6-12(14)9-15-7-11/h6-7,9,13,16H,2-5,8,10H2,1H3. The second-order valence-corrected chi connectivity index (χ2v) is 5.54. The molecule has 2 heterocycles. The van der Waals surface area contributed by atoms with Gasteiger partial charge in [0, 0.05) is 36.0 Å². The van der Waals surface area contributed by atoms with E-state index in [2.05, 4.69) is 44.1 Å². The van der Waals surface area contributed by atoms with Crippen LogP contribution in [0.2, 0.25) is 0 Å². The Hall–Kier alpha value is -0.450. The van der Waals surface area contributed by atoms with Gasteiger partial charge in [-0.1, -0.05) is 6.92 Å². The molecule has 1 aromatic heterocycles. The van der Waals surface area contributed by atoms with Gasteiger partial charge in [-0.05, 0) is 53.5 Å². The molecule has 1 aliphatic rings. The van der Waals surface area contributed by atoms with Crippen LogP contribution in [-0.2, 0) is 6.54 Å². The summed E-state index contributed by atoms with van der Waals surface area (Å²) in [5, 5.41) is 3.63. The molecular weight excluding hydrogens is 278 g/mol. The summed E-state index contributed by atoms with van der Waals surface area (Å²) in [6.45, 7) is 6.75. The summed E-state index contributed by atoms with van der Waals surface area (Å²) in [6.07, 6.45) is 6.35. The smallest absolute Gasteiger partial charge is 0.0410 e. The minimum Gasteiger partial charge on any atom is -0.309 e. The van der Waals surface area contributed by atoms with Gasteiger partial charge in [-0.3, -0.25) is 4.98 Å². The lowest BCUT2D eigenvalue weighted by molar-refractivity contribution is 0.198. The highest BCUT2D eigenvalue weighted by atomic mass is 79.9. The first-order chi connectivity index (χ1) is 8.28. The van der Waals surface area contributed by atoms with Crippen LogP contribution in [-0.4, -0.2) is 35.6 Å². The average Bonchev–Trinajstić information content (AvgIpc) is 2.37. The van der Waals surface area contributed by atoms with Crippen molar-refractivity contribution in [2.45, 2.75) is 32.4 Å². The first-order valence-corrected chi connectivity index (χ1v) is 7.12. The van der Waals surface area contributed by atoms with Crippen molar-refractivity contribution >= 4 is 15.9 Å². The van der Waals surface area contributed by atoms with Gasteiger partial charge in [0.2, 0.25) is 0 Å². The lowest BCUT2D eigenvalue weighted by Crippen LogP contribution is -2.45. The molecule has 0 spiro atoms. The van der Waals surface area contributed by atoms with E-state index in [-0.39, 0.29) is 0 Å².